The lowest BCUT2D eigenvalue weighted by atomic mass is 9.88. The largest absolute Gasteiger partial charge is 0.491 e. The van der Waals surface area contributed by atoms with Gasteiger partial charge in [-0.3, -0.25) is 0 Å². The molecule has 4 heteroatoms. The number of rotatable bonds is 7. The summed E-state index contributed by atoms with van der Waals surface area (Å²) in [4.78, 5) is 0. The summed E-state index contributed by atoms with van der Waals surface area (Å²) in [5, 5.41) is 11.8. The molecule has 1 rings (SSSR count). The van der Waals surface area contributed by atoms with E-state index in [4.69, 9.17) is 10.00 Å². The highest BCUT2D eigenvalue weighted by Crippen LogP contribution is 2.25. The lowest BCUT2D eigenvalue weighted by molar-refractivity contribution is 0.321. The van der Waals surface area contributed by atoms with E-state index >= 15 is 0 Å². The Hall–Kier alpha value is -1.76. The molecular formula is C15H21FN2O. The molecule has 0 atom stereocenters. The number of ether oxygens (including phenoxy) is 1. The van der Waals surface area contributed by atoms with Gasteiger partial charge in [-0.2, -0.15) is 5.26 Å². The second kappa shape index (κ2) is 6.98. The Kier molecular flexibility index (Phi) is 5.62. The van der Waals surface area contributed by atoms with Crippen molar-refractivity contribution in [3.63, 3.8) is 0 Å². The average molecular weight is 264 g/mol. The van der Waals surface area contributed by atoms with Crippen molar-refractivity contribution in [1.82, 2.24) is 0 Å². The molecule has 0 spiro atoms. The van der Waals surface area contributed by atoms with Crippen LogP contribution in [0.1, 0.15) is 33.6 Å². The number of hydrogen-bond acceptors (Lipinski definition) is 3. The van der Waals surface area contributed by atoms with E-state index in [1.165, 1.54) is 6.07 Å². The molecule has 0 aliphatic heterocycles. The quantitative estimate of drug-likeness (QED) is 0.810. The normalized spacial score (nSPS) is 10.9. The van der Waals surface area contributed by atoms with Crippen molar-refractivity contribution in [3.8, 4) is 11.8 Å². The summed E-state index contributed by atoms with van der Waals surface area (Å²) in [6.45, 7) is 7.14. The molecule has 0 saturated heterocycles. The van der Waals surface area contributed by atoms with Crippen LogP contribution in [0.5, 0.6) is 5.75 Å². The van der Waals surface area contributed by atoms with Crippen LogP contribution < -0.4 is 10.1 Å². The Morgan fingerprint density at radius 2 is 2.16 bits per heavy atom. The van der Waals surface area contributed by atoms with Crippen molar-refractivity contribution >= 4 is 5.69 Å². The van der Waals surface area contributed by atoms with Gasteiger partial charge < -0.3 is 10.1 Å². The Morgan fingerprint density at radius 3 is 2.74 bits per heavy atom. The molecule has 1 N–H and O–H groups in total. The van der Waals surface area contributed by atoms with E-state index in [0.29, 0.717) is 19.6 Å². The summed E-state index contributed by atoms with van der Waals surface area (Å²) in [6.07, 6.45) is 1.35. The van der Waals surface area contributed by atoms with Crippen LogP contribution >= 0.6 is 0 Å². The van der Waals surface area contributed by atoms with E-state index in [0.717, 1.165) is 12.1 Å². The minimum Gasteiger partial charge on any atom is -0.491 e. The first-order valence-electron chi connectivity index (χ1n) is 6.51. The molecule has 19 heavy (non-hydrogen) atoms. The van der Waals surface area contributed by atoms with Crippen molar-refractivity contribution in [2.45, 2.75) is 33.6 Å². The highest BCUT2D eigenvalue weighted by molar-refractivity contribution is 5.47. The van der Waals surface area contributed by atoms with Gasteiger partial charge >= 0.3 is 0 Å². The van der Waals surface area contributed by atoms with Crippen molar-refractivity contribution in [2.24, 2.45) is 5.41 Å². The highest BCUT2D eigenvalue weighted by atomic mass is 19.1. The van der Waals surface area contributed by atoms with E-state index < -0.39 is 0 Å². The SMILES string of the molecule is CCOc1ccc(NCC(C)(C)CCC#N)cc1F. The van der Waals surface area contributed by atoms with Gasteiger partial charge in [-0.15, -0.1) is 0 Å². The predicted octanol–water partition coefficient (Wildman–Crippen LogP) is 3.97. The molecule has 0 fully saturated rings. The van der Waals surface area contributed by atoms with Gasteiger partial charge in [0.05, 0.1) is 12.7 Å². The third-order valence-electron chi connectivity index (χ3n) is 2.92. The molecule has 0 radical (unpaired) electrons. The van der Waals surface area contributed by atoms with Gasteiger partial charge in [0.2, 0.25) is 0 Å². The zero-order valence-electron chi connectivity index (χ0n) is 11.8. The van der Waals surface area contributed by atoms with Crippen LogP contribution in [0.3, 0.4) is 0 Å². The van der Waals surface area contributed by atoms with E-state index in [9.17, 15) is 4.39 Å². The van der Waals surface area contributed by atoms with Crippen LogP contribution in [-0.4, -0.2) is 13.2 Å². The maximum absolute atomic E-state index is 13.7. The van der Waals surface area contributed by atoms with E-state index in [2.05, 4.69) is 25.2 Å². The van der Waals surface area contributed by atoms with Gasteiger partial charge in [0.25, 0.3) is 0 Å². The second-order valence-electron chi connectivity index (χ2n) is 5.25. The number of nitrogens with zero attached hydrogens (tertiary/aromatic N) is 1. The number of halogens is 1. The minimum absolute atomic E-state index is 0.00476. The molecular weight excluding hydrogens is 243 g/mol. The number of hydrogen-bond donors (Lipinski definition) is 1. The summed E-state index contributed by atoms with van der Waals surface area (Å²) in [5.41, 5.74) is 0.733. The van der Waals surface area contributed by atoms with Crippen molar-refractivity contribution in [2.75, 3.05) is 18.5 Å². The van der Waals surface area contributed by atoms with Crippen molar-refractivity contribution < 1.29 is 9.13 Å². The maximum Gasteiger partial charge on any atom is 0.167 e. The number of benzene rings is 1. The van der Waals surface area contributed by atoms with E-state index in [1.54, 1.807) is 12.1 Å². The van der Waals surface area contributed by atoms with Gasteiger partial charge in [0, 0.05) is 24.7 Å². The third kappa shape index (κ3) is 5.17. The molecule has 0 aliphatic carbocycles. The summed E-state index contributed by atoms with van der Waals surface area (Å²) in [5.74, 6) is -0.0847. The fourth-order valence-corrected chi connectivity index (χ4v) is 1.71. The molecule has 104 valence electrons. The minimum atomic E-state index is -0.360. The van der Waals surface area contributed by atoms with Crippen LogP contribution in [0.2, 0.25) is 0 Å². The summed E-state index contributed by atoms with van der Waals surface area (Å²) in [7, 11) is 0. The Bertz CT molecular complexity index is 452. The molecule has 0 amide bonds. The van der Waals surface area contributed by atoms with E-state index in [1.807, 2.05) is 6.92 Å². The van der Waals surface area contributed by atoms with E-state index in [-0.39, 0.29) is 17.0 Å². The molecule has 0 saturated carbocycles. The van der Waals surface area contributed by atoms with Gasteiger partial charge in [-0.05, 0) is 30.9 Å². The van der Waals surface area contributed by atoms with Gasteiger partial charge in [0.15, 0.2) is 11.6 Å². The fraction of sp³-hybridized carbons (Fsp3) is 0.533. The predicted molar refractivity (Wildman–Crippen MR) is 74.7 cm³/mol. The fourth-order valence-electron chi connectivity index (χ4n) is 1.71. The monoisotopic (exact) mass is 264 g/mol. The number of nitriles is 1. The van der Waals surface area contributed by atoms with Crippen LogP contribution in [-0.2, 0) is 0 Å². The topological polar surface area (TPSA) is 45.0 Å². The first-order valence-corrected chi connectivity index (χ1v) is 6.51. The summed E-state index contributed by atoms with van der Waals surface area (Å²) in [6, 6.07) is 7.01. The second-order valence-corrected chi connectivity index (χ2v) is 5.25. The number of anilines is 1. The molecule has 0 bridgehead atoms. The van der Waals surface area contributed by atoms with Crippen LogP contribution in [0.4, 0.5) is 10.1 Å². The van der Waals surface area contributed by atoms with Crippen LogP contribution in [0.15, 0.2) is 18.2 Å². The van der Waals surface area contributed by atoms with Crippen LogP contribution in [0.25, 0.3) is 0 Å². The van der Waals surface area contributed by atoms with Gasteiger partial charge in [0.1, 0.15) is 0 Å². The molecule has 0 aliphatic rings. The first kappa shape index (κ1) is 15.3. The van der Waals surface area contributed by atoms with Crippen molar-refractivity contribution in [3.05, 3.63) is 24.0 Å². The lowest BCUT2D eigenvalue weighted by Gasteiger charge is -2.24. The van der Waals surface area contributed by atoms with Gasteiger partial charge in [-0.1, -0.05) is 13.8 Å². The van der Waals surface area contributed by atoms with Gasteiger partial charge in [-0.25, -0.2) is 4.39 Å². The molecule has 3 nitrogen and oxygen atoms in total. The molecule has 0 unspecified atom stereocenters. The summed E-state index contributed by atoms with van der Waals surface area (Å²) >= 11 is 0. The van der Waals surface area contributed by atoms with Crippen LogP contribution in [0, 0.1) is 22.6 Å². The van der Waals surface area contributed by atoms with Crippen molar-refractivity contribution in [1.29, 1.82) is 5.26 Å². The zero-order chi connectivity index (χ0) is 14.3. The Labute approximate surface area is 114 Å². The Morgan fingerprint density at radius 1 is 1.42 bits per heavy atom. The number of nitrogens with one attached hydrogen (secondary N) is 1. The smallest absolute Gasteiger partial charge is 0.167 e. The molecule has 1 aromatic carbocycles. The molecule has 0 heterocycles. The molecule has 0 aromatic heterocycles. The highest BCUT2D eigenvalue weighted by Gasteiger charge is 2.17. The first-order chi connectivity index (χ1) is 8.98. The lowest BCUT2D eigenvalue weighted by Crippen LogP contribution is -2.22. The third-order valence-corrected chi connectivity index (χ3v) is 2.92. The standard InChI is InChI=1S/C15H21FN2O/c1-4-19-14-7-6-12(10-13(14)16)18-11-15(2,3)8-5-9-17/h6-7,10,18H,4-5,8,11H2,1-3H3. The summed E-state index contributed by atoms with van der Waals surface area (Å²) < 4.78 is 18.8. The zero-order valence-corrected chi connectivity index (χ0v) is 11.8. The average Bonchev–Trinajstić information content (AvgIpc) is 2.37. The maximum atomic E-state index is 13.7. The molecule has 1 aromatic rings. The Balaban J connectivity index is 2.59.